The van der Waals surface area contributed by atoms with Crippen LogP contribution in [0.4, 0.5) is 4.39 Å². The molecule has 0 radical (unpaired) electrons. The summed E-state index contributed by atoms with van der Waals surface area (Å²) in [6.07, 6.45) is 2.05. The van der Waals surface area contributed by atoms with E-state index in [4.69, 9.17) is 5.11 Å². The van der Waals surface area contributed by atoms with Gasteiger partial charge in [0, 0.05) is 24.0 Å². The molecule has 6 heteroatoms. The van der Waals surface area contributed by atoms with Crippen LogP contribution in [0, 0.1) is 5.82 Å². The Balaban J connectivity index is 2.10. The summed E-state index contributed by atoms with van der Waals surface area (Å²) in [6.45, 7) is -0.406. The Bertz CT molecular complexity index is 771. The van der Waals surface area contributed by atoms with Gasteiger partial charge in [-0.1, -0.05) is 0 Å². The number of carboxylic acid groups (broad SMARTS) is 1. The highest BCUT2D eigenvalue weighted by Crippen LogP contribution is 2.40. The lowest BCUT2D eigenvalue weighted by Crippen LogP contribution is -2.32. The molecule has 1 amide bonds. The molecule has 0 bridgehead atoms. The Morgan fingerprint density at radius 3 is 2.73 bits per heavy atom. The third-order valence-corrected chi connectivity index (χ3v) is 3.74. The number of rotatable bonds is 4. The first kappa shape index (κ1) is 14.4. The third-order valence-electron chi connectivity index (χ3n) is 3.74. The predicted octanol–water partition coefficient (Wildman–Crippen LogP) is 2.41. The number of carboxylic acids is 1. The summed E-state index contributed by atoms with van der Waals surface area (Å²) in [4.78, 5) is 28.9. The maximum Gasteiger partial charge on any atom is 0.323 e. The van der Waals surface area contributed by atoms with Crippen LogP contribution >= 0.6 is 0 Å². The van der Waals surface area contributed by atoms with Crippen molar-refractivity contribution in [3.63, 3.8) is 0 Å². The molecule has 5 nitrogen and oxygen atoms in total. The van der Waals surface area contributed by atoms with Crippen molar-refractivity contribution in [2.75, 3.05) is 13.6 Å². The number of nitrogens with zero attached hydrogens (tertiary/aromatic N) is 2. The largest absolute Gasteiger partial charge is 0.480 e. The van der Waals surface area contributed by atoms with Crippen LogP contribution < -0.4 is 0 Å². The highest BCUT2D eigenvalue weighted by atomic mass is 19.1. The fraction of sp³-hybridized carbons (Fsp3) is 0.312. The molecule has 1 aliphatic carbocycles. The van der Waals surface area contributed by atoms with E-state index >= 15 is 0 Å². The number of fused-ring (bicyclic) bond motifs is 1. The van der Waals surface area contributed by atoms with Gasteiger partial charge in [-0.15, -0.1) is 0 Å². The molecule has 0 aliphatic heterocycles. The van der Waals surface area contributed by atoms with Gasteiger partial charge in [0.25, 0.3) is 5.91 Å². The van der Waals surface area contributed by atoms with Crippen molar-refractivity contribution < 1.29 is 19.1 Å². The summed E-state index contributed by atoms with van der Waals surface area (Å²) in [5.74, 6) is -1.65. The van der Waals surface area contributed by atoms with Gasteiger partial charge < -0.3 is 10.0 Å². The van der Waals surface area contributed by atoms with Crippen LogP contribution in [-0.2, 0) is 4.79 Å². The second-order valence-electron chi connectivity index (χ2n) is 5.59. The van der Waals surface area contributed by atoms with Crippen LogP contribution in [0.15, 0.2) is 24.3 Å². The van der Waals surface area contributed by atoms with Crippen LogP contribution in [0.25, 0.3) is 10.9 Å². The second kappa shape index (κ2) is 5.36. The van der Waals surface area contributed by atoms with Gasteiger partial charge in [-0.25, -0.2) is 4.39 Å². The molecule has 1 aliphatic rings. The molecule has 0 unspecified atom stereocenters. The Hall–Kier alpha value is -2.50. The van der Waals surface area contributed by atoms with Gasteiger partial charge in [0.05, 0.1) is 11.1 Å². The van der Waals surface area contributed by atoms with Crippen LogP contribution in [-0.4, -0.2) is 40.5 Å². The van der Waals surface area contributed by atoms with E-state index in [2.05, 4.69) is 4.98 Å². The van der Waals surface area contributed by atoms with Crippen LogP contribution in [0.1, 0.15) is 34.8 Å². The zero-order chi connectivity index (χ0) is 15.9. The molecule has 22 heavy (non-hydrogen) atoms. The van der Waals surface area contributed by atoms with Crippen molar-refractivity contribution in [1.29, 1.82) is 0 Å². The number of carbonyl (C=O) groups is 2. The Morgan fingerprint density at radius 2 is 2.09 bits per heavy atom. The minimum Gasteiger partial charge on any atom is -0.480 e. The summed E-state index contributed by atoms with van der Waals surface area (Å²) in [5, 5.41) is 9.23. The SMILES string of the molecule is CN(CC(=O)O)C(=O)c1cc(C2CC2)nc2ccc(F)cc12. The molecule has 1 aromatic carbocycles. The number of hydrogen-bond acceptors (Lipinski definition) is 3. The summed E-state index contributed by atoms with van der Waals surface area (Å²) in [7, 11) is 1.42. The lowest BCUT2D eigenvalue weighted by Gasteiger charge is -2.16. The average molecular weight is 302 g/mol. The Kier molecular flexibility index (Phi) is 3.52. The van der Waals surface area contributed by atoms with E-state index < -0.39 is 24.2 Å². The smallest absolute Gasteiger partial charge is 0.323 e. The summed E-state index contributed by atoms with van der Waals surface area (Å²) < 4.78 is 13.5. The molecule has 114 valence electrons. The maximum absolute atomic E-state index is 13.5. The molecule has 1 fully saturated rings. The van der Waals surface area contributed by atoms with Crippen molar-refractivity contribution in [2.24, 2.45) is 0 Å². The molecule has 3 rings (SSSR count). The van der Waals surface area contributed by atoms with E-state index in [-0.39, 0.29) is 0 Å². The van der Waals surface area contributed by atoms with E-state index in [0.29, 0.717) is 22.4 Å². The topological polar surface area (TPSA) is 70.5 Å². The van der Waals surface area contributed by atoms with Crippen molar-refractivity contribution >= 4 is 22.8 Å². The highest BCUT2D eigenvalue weighted by molar-refractivity contribution is 6.06. The van der Waals surface area contributed by atoms with Gasteiger partial charge in [-0.2, -0.15) is 0 Å². The first-order chi connectivity index (χ1) is 10.5. The van der Waals surface area contributed by atoms with Crippen molar-refractivity contribution in [1.82, 2.24) is 9.88 Å². The van der Waals surface area contributed by atoms with Gasteiger partial charge in [0.2, 0.25) is 0 Å². The monoisotopic (exact) mass is 302 g/mol. The predicted molar refractivity (Wildman–Crippen MR) is 78.3 cm³/mol. The fourth-order valence-electron chi connectivity index (χ4n) is 2.46. The number of likely N-dealkylation sites (N-methyl/N-ethyl adjacent to an activating group) is 1. The molecular weight excluding hydrogens is 287 g/mol. The van der Waals surface area contributed by atoms with Gasteiger partial charge in [0.1, 0.15) is 12.4 Å². The zero-order valence-electron chi connectivity index (χ0n) is 12.0. The van der Waals surface area contributed by atoms with E-state index in [9.17, 15) is 14.0 Å². The zero-order valence-corrected chi connectivity index (χ0v) is 12.0. The van der Waals surface area contributed by atoms with Crippen LogP contribution in [0.3, 0.4) is 0 Å². The van der Waals surface area contributed by atoms with E-state index in [1.54, 1.807) is 12.1 Å². The normalized spacial score (nSPS) is 14.1. The molecular formula is C16H15FN2O3. The van der Waals surface area contributed by atoms with E-state index in [1.807, 2.05) is 0 Å². The molecule has 0 spiro atoms. The van der Waals surface area contributed by atoms with Crippen LogP contribution in [0.5, 0.6) is 0 Å². The van der Waals surface area contributed by atoms with E-state index in [1.165, 1.54) is 19.2 Å². The Labute approximate surface area is 126 Å². The number of amides is 1. The third kappa shape index (κ3) is 2.77. The summed E-state index contributed by atoms with van der Waals surface area (Å²) in [6, 6.07) is 5.78. The number of benzene rings is 1. The molecule has 0 saturated heterocycles. The van der Waals surface area contributed by atoms with Gasteiger partial charge in [-0.05, 0) is 37.1 Å². The molecule has 0 atom stereocenters. The minimum atomic E-state index is -1.09. The number of pyridine rings is 1. The lowest BCUT2D eigenvalue weighted by atomic mass is 10.0. The van der Waals surface area contributed by atoms with Gasteiger partial charge >= 0.3 is 5.97 Å². The van der Waals surface area contributed by atoms with Gasteiger partial charge in [-0.3, -0.25) is 14.6 Å². The number of halogens is 1. The summed E-state index contributed by atoms with van der Waals surface area (Å²) in [5.41, 5.74) is 1.67. The first-order valence-electron chi connectivity index (χ1n) is 7.03. The standard InChI is InChI=1S/C16H15FN2O3/c1-19(8-15(20)21)16(22)12-7-14(9-2-3-9)18-13-5-4-10(17)6-11(12)13/h4-7,9H,2-3,8H2,1H3,(H,20,21). The number of hydrogen-bond donors (Lipinski definition) is 1. The average Bonchev–Trinajstić information content (AvgIpc) is 3.29. The molecule has 1 saturated carbocycles. The van der Waals surface area contributed by atoms with Crippen molar-refractivity contribution in [3.8, 4) is 0 Å². The highest BCUT2D eigenvalue weighted by Gasteiger charge is 2.27. The molecule has 2 aromatic rings. The molecule has 1 aromatic heterocycles. The van der Waals surface area contributed by atoms with Crippen LogP contribution in [0.2, 0.25) is 0 Å². The van der Waals surface area contributed by atoms with Gasteiger partial charge in [0.15, 0.2) is 0 Å². The number of carbonyl (C=O) groups excluding carboxylic acids is 1. The van der Waals surface area contributed by atoms with Crippen molar-refractivity contribution in [2.45, 2.75) is 18.8 Å². The lowest BCUT2D eigenvalue weighted by molar-refractivity contribution is -0.137. The maximum atomic E-state index is 13.5. The molecule has 1 N–H and O–H groups in total. The fourth-order valence-corrected chi connectivity index (χ4v) is 2.46. The molecule has 1 heterocycles. The second-order valence-corrected chi connectivity index (χ2v) is 5.59. The first-order valence-corrected chi connectivity index (χ1v) is 7.03. The van der Waals surface area contributed by atoms with E-state index in [0.717, 1.165) is 23.4 Å². The quantitative estimate of drug-likeness (QED) is 0.941. The number of aromatic nitrogens is 1. The Morgan fingerprint density at radius 1 is 1.36 bits per heavy atom. The van der Waals surface area contributed by atoms with Crippen molar-refractivity contribution in [3.05, 3.63) is 41.3 Å². The number of aliphatic carboxylic acids is 1. The minimum absolute atomic E-state index is 0.301. The summed E-state index contributed by atoms with van der Waals surface area (Å²) >= 11 is 0.